The van der Waals surface area contributed by atoms with Crippen molar-refractivity contribution >= 4 is 0 Å². The highest BCUT2D eigenvalue weighted by molar-refractivity contribution is 5.44. The molecular formula is C13H16N4O. The van der Waals surface area contributed by atoms with Gasteiger partial charge >= 0.3 is 0 Å². The second-order valence-electron chi connectivity index (χ2n) is 4.38. The summed E-state index contributed by atoms with van der Waals surface area (Å²) in [5.74, 6) is 2.28. The smallest absolute Gasteiger partial charge is 0.198 e. The zero-order chi connectivity index (χ0) is 13.0. The maximum absolute atomic E-state index is 5.27. The molecule has 0 N–H and O–H groups in total. The van der Waals surface area contributed by atoms with Gasteiger partial charge in [-0.1, -0.05) is 13.8 Å². The summed E-state index contributed by atoms with van der Waals surface area (Å²) in [6.07, 6.45) is 5.87. The highest BCUT2D eigenvalue weighted by Gasteiger charge is 2.11. The number of hydrogen-bond donors (Lipinski definition) is 0. The Labute approximate surface area is 106 Å². The Bertz CT molecular complexity index is 514. The van der Waals surface area contributed by atoms with Crippen LogP contribution in [0.5, 0.6) is 5.75 Å². The lowest BCUT2D eigenvalue weighted by molar-refractivity contribution is 0.401. The molecule has 0 aliphatic carbocycles. The number of rotatable bonds is 4. The van der Waals surface area contributed by atoms with Gasteiger partial charge in [-0.05, 0) is 18.4 Å². The maximum Gasteiger partial charge on any atom is 0.198 e. The van der Waals surface area contributed by atoms with Crippen LogP contribution < -0.4 is 4.74 Å². The van der Waals surface area contributed by atoms with Crippen LogP contribution in [-0.2, 0) is 6.42 Å². The minimum Gasteiger partial charge on any atom is -0.493 e. The van der Waals surface area contributed by atoms with Crippen molar-refractivity contribution in [3.63, 3.8) is 0 Å². The fourth-order valence-electron chi connectivity index (χ4n) is 1.63. The molecule has 0 aliphatic rings. The van der Waals surface area contributed by atoms with Crippen molar-refractivity contribution in [2.24, 2.45) is 5.92 Å². The van der Waals surface area contributed by atoms with Crippen LogP contribution in [0.1, 0.15) is 19.5 Å². The van der Waals surface area contributed by atoms with Crippen molar-refractivity contribution in [3.8, 4) is 17.4 Å². The van der Waals surface area contributed by atoms with E-state index in [4.69, 9.17) is 4.74 Å². The summed E-state index contributed by atoms with van der Waals surface area (Å²) >= 11 is 0. The summed E-state index contributed by atoms with van der Waals surface area (Å²) in [4.78, 5) is 17.0. The van der Waals surface area contributed by atoms with E-state index in [-0.39, 0.29) is 0 Å². The van der Waals surface area contributed by atoms with Crippen molar-refractivity contribution in [3.05, 3.63) is 30.4 Å². The molecule has 2 aromatic heterocycles. The molecule has 2 aromatic rings. The van der Waals surface area contributed by atoms with E-state index in [1.54, 1.807) is 31.8 Å². The van der Waals surface area contributed by atoms with Crippen molar-refractivity contribution in [1.82, 2.24) is 19.9 Å². The van der Waals surface area contributed by atoms with Gasteiger partial charge in [0.15, 0.2) is 17.4 Å². The number of hydrogen-bond acceptors (Lipinski definition) is 5. The van der Waals surface area contributed by atoms with Crippen LogP contribution in [0.2, 0.25) is 0 Å². The van der Waals surface area contributed by atoms with E-state index in [9.17, 15) is 0 Å². The molecule has 0 atom stereocenters. The van der Waals surface area contributed by atoms with Gasteiger partial charge in [-0.3, -0.25) is 0 Å². The molecule has 5 heteroatoms. The lowest BCUT2D eigenvalue weighted by Crippen LogP contribution is -2.04. The van der Waals surface area contributed by atoms with Gasteiger partial charge in [0.25, 0.3) is 0 Å². The first kappa shape index (κ1) is 12.4. The molecule has 0 aliphatic heterocycles. The minimum absolute atomic E-state index is 0.498. The molecule has 18 heavy (non-hydrogen) atoms. The third-order valence-corrected chi connectivity index (χ3v) is 2.42. The van der Waals surface area contributed by atoms with Crippen LogP contribution >= 0.6 is 0 Å². The summed E-state index contributed by atoms with van der Waals surface area (Å²) in [5, 5.41) is 0. The third-order valence-electron chi connectivity index (χ3n) is 2.42. The molecule has 0 unspecified atom stereocenters. The molecule has 0 spiro atoms. The van der Waals surface area contributed by atoms with Gasteiger partial charge in [0, 0.05) is 12.4 Å². The zero-order valence-corrected chi connectivity index (χ0v) is 10.8. The van der Waals surface area contributed by atoms with Crippen LogP contribution in [0.25, 0.3) is 11.6 Å². The highest BCUT2D eigenvalue weighted by atomic mass is 16.5. The van der Waals surface area contributed by atoms with Gasteiger partial charge in [-0.25, -0.2) is 19.9 Å². The summed E-state index contributed by atoms with van der Waals surface area (Å²) in [7, 11) is 1.63. The normalized spacial score (nSPS) is 10.7. The van der Waals surface area contributed by atoms with E-state index in [1.807, 2.05) is 0 Å². The van der Waals surface area contributed by atoms with Gasteiger partial charge in [0.2, 0.25) is 0 Å². The number of methoxy groups -OCH3 is 1. The molecule has 5 nitrogen and oxygen atoms in total. The molecule has 0 saturated heterocycles. The Morgan fingerprint density at radius 1 is 1.11 bits per heavy atom. The maximum atomic E-state index is 5.27. The average molecular weight is 244 g/mol. The Morgan fingerprint density at radius 3 is 2.44 bits per heavy atom. The molecule has 2 rings (SSSR count). The van der Waals surface area contributed by atoms with Crippen molar-refractivity contribution in [1.29, 1.82) is 0 Å². The minimum atomic E-state index is 0.498. The van der Waals surface area contributed by atoms with E-state index < -0.39 is 0 Å². The molecule has 0 fully saturated rings. The molecule has 0 bridgehead atoms. The van der Waals surface area contributed by atoms with Crippen LogP contribution in [0.15, 0.2) is 24.7 Å². The van der Waals surface area contributed by atoms with E-state index in [0.717, 1.165) is 12.1 Å². The standard InChI is InChI=1S/C13H16N4O/c1-9(2)7-10-11(18-3)8-16-13(17-10)12-14-5-4-6-15-12/h4-6,8-9H,7H2,1-3H3. The van der Waals surface area contributed by atoms with Gasteiger partial charge in [0.05, 0.1) is 19.0 Å². The second-order valence-corrected chi connectivity index (χ2v) is 4.38. The van der Waals surface area contributed by atoms with E-state index in [2.05, 4.69) is 33.8 Å². The van der Waals surface area contributed by atoms with Crippen molar-refractivity contribution in [2.45, 2.75) is 20.3 Å². The first-order valence-corrected chi connectivity index (χ1v) is 5.88. The van der Waals surface area contributed by atoms with Crippen LogP contribution in [0.4, 0.5) is 0 Å². The lowest BCUT2D eigenvalue weighted by atomic mass is 10.1. The zero-order valence-electron chi connectivity index (χ0n) is 10.8. The fraction of sp³-hybridized carbons (Fsp3) is 0.385. The van der Waals surface area contributed by atoms with Crippen LogP contribution in [-0.4, -0.2) is 27.0 Å². The lowest BCUT2D eigenvalue weighted by Gasteiger charge is -2.10. The third kappa shape index (κ3) is 2.80. The fourth-order valence-corrected chi connectivity index (χ4v) is 1.63. The van der Waals surface area contributed by atoms with Gasteiger partial charge in [-0.2, -0.15) is 0 Å². The van der Waals surface area contributed by atoms with Gasteiger partial charge < -0.3 is 4.74 Å². The number of nitrogens with zero attached hydrogens (tertiary/aromatic N) is 4. The van der Waals surface area contributed by atoms with E-state index in [1.165, 1.54) is 0 Å². The predicted octanol–water partition coefficient (Wildman–Crippen LogP) is 2.14. The van der Waals surface area contributed by atoms with Gasteiger partial charge in [-0.15, -0.1) is 0 Å². The first-order chi connectivity index (χ1) is 8.70. The highest BCUT2D eigenvalue weighted by Crippen LogP contribution is 2.20. The first-order valence-electron chi connectivity index (χ1n) is 5.88. The van der Waals surface area contributed by atoms with Crippen molar-refractivity contribution in [2.75, 3.05) is 7.11 Å². The summed E-state index contributed by atoms with van der Waals surface area (Å²) in [5.41, 5.74) is 0.893. The Kier molecular flexibility index (Phi) is 3.82. The predicted molar refractivity (Wildman–Crippen MR) is 68.2 cm³/mol. The number of aromatic nitrogens is 4. The summed E-state index contributed by atoms with van der Waals surface area (Å²) in [6.45, 7) is 4.28. The molecule has 0 amide bonds. The topological polar surface area (TPSA) is 60.8 Å². The quantitative estimate of drug-likeness (QED) is 0.824. The van der Waals surface area contributed by atoms with Crippen LogP contribution in [0, 0.1) is 5.92 Å². The average Bonchev–Trinajstić information content (AvgIpc) is 2.39. The summed E-state index contributed by atoms with van der Waals surface area (Å²) < 4.78 is 5.27. The van der Waals surface area contributed by atoms with E-state index >= 15 is 0 Å². The Hall–Kier alpha value is -2.04. The van der Waals surface area contributed by atoms with Gasteiger partial charge in [0.1, 0.15) is 0 Å². The number of ether oxygens (including phenoxy) is 1. The second kappa shape index (κ2) is 5.53. The molecule has 2 heterocycles. The molecule has 0 radical (unpaired) electrons. The monoisotopic (exact) mass is 244 g/mol. The Balaban J connectivity index is 2.39. The summed E-state index contributed by atoms with van der Waals surface area (Å²) in [6, 6.07) is 1.77. The largest absolute Gasteiger partial charge is 0.493 e. The van der Waals surface area contributed by atoms with Crippen molar-refractivity contribution < 1.29 is 4.74 Å². The molecular weight excluding hydrogens is 228 g/mol. The van der Waals surface area contributed by atoms with E-state index in [0.29, 0.717) is 23.3 Å². The molecule has 94 valence electrons. The Morgan fingerprint density at radius 2 is 1.83 bits per heavy atom. The SMILES string of the molecule is COc1cnc(-c2ncccn2)nc1CC(C)C. The van der Waals surface area contributed by atoms with Crippen LogP contribution in [0.3, 0.4) is 0 Å². The molecule has 0 saturated carbocycles. The molecule has 0 aromatic carbocycles.